The fraction of sp³-hybridized carbons (Fsp3) is 0.200. The summed E-state index contributed by atoms with van der Waals surface area (Å²) < 4.78 is 5.20. The van der Waals surface area contributed by atoms with Crippen LogP contribution in [-0.2, 0) is 17.6 Å². The molecule has 5 heteroatoms. The topological polar surface area (TPSA) is 75.9 Å². The van der Waals surface area contributed by atoms with Crippen molar-refractivity contribution >= 4 is 38.4 Å². The Bertz CT molecular complexity index is 1670. The summed E-state index contributed by atoms with van der Waals surface area (Å²) in [6, 6.07) is 23.0. The monoisotopic (exact) mass is 457 g/mol. The first-order valence-electron chi connectivity index (χ1n) is 12.0. The van der Waals surface area contributed by atoms with Gasteiger partial charge >= 0.3 is 5.97 Å². The maximum atomic E-state index is 12.5. The van der Waals surface area contributed by atoms with Gasteiger partial charge < -0.3 is 4.74 Å². The quantitative estimate of drug-likeness (QED) is 0.174. The first-order chi connectivity index (χ1) is 17.2. The van der Waals surface area contributed by atoms with Crippen LogP contribution in [0.25, 0.3) is 43.7 Å². The minimum Gasteiger partial charge on any atom is -0.460 e. The van der Waals surface area contributed by atoms with Gasteiger partial charge in [0.1, 0.15) is 6.61 Å². The molecule has 5 aromatic rings. The Labute approximate surface area is 203 Å². The van der Waals surface area contributed by atoms with Gasteiger partial charge in [-0.25, -0.2) is 14.8 Å². The summed E-state index contributed by atoms with van der Waals surface area (Å²) in [5, 5.41) is 14.3. The summed E-state index contributed by atoms with van der Waals surface area (Å²) in [6.45, 7) is 0.0479. The van der Waals surface area contributed by atoms with Crippen LogP contribution in [-0.4, -0.2) is 22.5 Å². The summed E-state index contributed by atoms with van der Waals surface area (Å²) >= 11 is 0. The maximum absolute atomic E-state index is 12.5. The minimum atomic E-state index is -0.539. The van der Waals surface area contributed by atoms with Crippen LogP contribution in [0.15, 0.2) is 66.9 Å². The Balaban J connectivity index is 1.53. The Kier molecular flexibility index (Phi) is 5.35. The second-order valence-corrected chi connectivity index (χ2v) is 8.94. The van der Waals surface area contributed by atoms with Crippen LogP contribution in [0.2, 0.25) is 0 Å². The highest BCUT2D eigenvalue weighted by molar-refractivity contribution is 6.14. The van der Waals surface area contributed by atoms with Crippen LogP contribution < -0.4 is 0 Å². The van der Waals surface area contributed by atoms with Crippen LogP contribution in [0.4, 0.5) is 0 Å². The van der Waals surface area contributed by atoms with Gasteiger partial charge in [0.15, 0.2) is 5.69 Å². The number of fused-ring (bicyclic) bond motifs is 6. The molecule has 0 saturated carbocycles. The van der Waals surface area contributed by atoms with Crippen molar-refractivity contribution in [3.05, 3.63) is 83.7 Å². The van der Waals surface area contributed by atoms with Gasteiger partial charge in [0.25, 0.3) is 0 Å². The van der Waals surface area contributed by atoms with Crippen molar-refractivity contribution in [2.45, 2.75) is 32.1 Å². The van der Waals surface area contributed by atoms with Crippen LogP contribution in [0.3, 0.4) is 0 Å². The smallest absolute Gasteiger partial charge is 0.357 e. The fourth-order valence-corrected chi connectivity index (χ4v) is 5.27. The van der Waals surface area contributed by atoms with Crippen LogP contribution in [0.1, 0.15) is 40.9 Å². The minimum absolute atomic E-state index is 0.0479. The molecule has 35 heavy (non-hydrogen) atoms. The molecule has 0 fully saturated rings. The number of aryl methyl sites for hydroxylation is 2. The predicted octanol–water partition coefficient (Wildman–Crippen LogP) is 6.55. The van der Waals surface area contributed by atoms with Crippen LogP contribution >= 0.6 is 0 Å². The molecule has 0 bridgehead atoms. The molecule has 170 valence electrons. The highest BCUT2D eigenvalue weighted by Crippen LogP contribution is 2.38. The van der Waals surface area contributed by atoms with E-state index in [1.54, 1.807) is 6.20 Å². The van der Waals surface area contributed by atoms with E-state index in [9.17, 15) is 4.79 Å². The van der Waals surface area contributed by atoms with E-state index in [1.165, 1.54) is 40.1 Å². The number of nitriles is 1. The molecule has 6 rings (SSSR count). The van der Waals surface area contributed by atoms with E-state index in [2.05, 4.69) is 47.4 Å². The zero-order chi connectivity index (χ0) is 23.8. The molecule has 2 aromatic heterocycles. The zero-order valence-electron chi connectivity index (χ0n) is 19.3. The Morgan fingerprint density at radius 2 is 1.71 bits per heavy atom. The highest BCUT2D eigenvalue weighted by atomic mass is 16.5. The molecule has 3 aromatic carbocycles. The van der Waals surface area contributed by atoms with E-state index in [4.69, 9.17) is 15.0 Å². The number of rotatable bonds is 4. The number of esters is 1. The molecule has 1 aliphatic rings. The summed E-state index contributed by atoms with van der Waals surface area (Å²) in [5.74, 6) is -0.539. The van der Waals surface area contributed by atoms with E-state index < -0.39 is 5.97 Å². The van der Waals surface area contributed by atoms with Crippen molar-refractivity contribution in [1.29, 1.82) is 5.26 Å². The molecule has 0 saturated heterocycles. The van der Waals surface area contributed by atoms with Crippen molar-refractivity contribution < 1.29 is 9.53 Å². The first kappa shape index (κ1) is 21.2. The molecule has 0 unspecified atom stereocenters. The first-order valence-corrected chi connectivity index (χ1v) is 12.0. The largest absolute Gasteiger partial charge is 0.460 e. The average Bonchev–Trinajstić information content (AvgIpc) is 2.91. The molecule has 0 N–H and O–H groups in total. The molecular weight excluding hydrogens is 434 g/mol. The second-order valence-electron chi connectivity index (χ2n) is 8.94. The van der Waals surface area contributed by atoms with Gasteiger partial charge in [-0.05, 0) is 82.6 Å². The second kappa shape index (κ2) is 8.81. The fourth-order valence-electron chi connectivity index (χ4n) is 5.27. The molecule has 2 heterocycles. The van der Waals surface area contributed by atoms with Crippen molar-refractivity contribution in [2.75, 3.05) is 6.61 Å². The number of carbonyl (C=O) groups is 1. The van der Waals surface area contributed by atoms with Gasteiger partial charge in [-0.2, -0.15) is 5.26 Å². The van der Waals surface area contributed by atoms with Gasteiger partial charge in [0.05, 0.1) is 23.7 Å². The van der Waals surface area contributed by atoms with Gasteiger partial charge in [0.2, 0.25) is 0 Å². The molecule has 0 amide bonds. The number of hydrogen-bond donors (Lipinski definition) is 0. The summed E-state index contributed by atoms with van der Waals surface area (Å²) in [4.78, 5) is 21.7. The number of benzene rings is 3. The van der Waals surface area contributed by atoms with E-state index in [0.29, 0.717) is 10.9 Å². The average molecular weight is 458 g/mol. The standard InChI is InChI=1S/C30H23N3O2/c31-15-5-17-35-30(34)29-24-12-13-27(33-28(24)14-16-32-29)26-18-25-20-7-2-1-6-19(20)10-11-23(25)21-8-3-4-9-22(21)26/h3-4,8-14,16,18H,1-2,5-7,17H2. The lowest BCUT2D eigenvalue weighted by Gasteiger charge is -2.20. The third-order valence-electron chi connectivity index (χ3n) is 6.91. The van der Waals surface area contributed by atoms with Crippen LogP contribution in [0, 0.1) is 11.3 Å². The lowest BCUT2D eigenvalue weighted by Crippen LogP contribution is -2.09. The molecule has 0 aliphatic heterocycles. The van der Waals surface area contributed by atoms with E-state index >= 15 is 0 Å². The SMILES string of the molecule is N#CCCOC(=O)c1nccc2nc(-c3cc4c5c(ccc4c4ccccc34)CCCC5)ccc12. The predicted molar refractivity (Wildman–Crippen MR) is 137 cm³/mol. The third kappa shape index (κ3) is 3.68. The van der Waals surface area contributed by atoms with E-state index in [-0.39, 0.29) is 18.7 Å². The van der Waals surface area contributed by atoms with Crippen molar-refractivity contribution in [3.8, 4) is 17.3 Å². The normalized spacial score (nSPS) is 13.0. The lowest BCUT2D eigenvalue weighted by atomic mass is 9.85. The number of carbonyl (C=O) groups excluding carboxylic acids is 1. The molecule has 0 atom stereocenters. The van der Waals surface area contributed by atoms with Gasteiger partial charge in [-0.3, -0.25) is 0 Å². The Hall–Kier alpha value is -4.30. The van der Waals surface area contributed by atoms with Gasteiger partial charge in [-0.1, -0.05) is 36.4 Å². The number of ether oxygens (including phenoxy) is 1. The molecule has 1 aliphatic carbocycles. The van der Waals surface area contributed by atoms with Crippen molar-refractivity contribution in [3.63, 3.8) is 0 Å². The van der Waals surface area contributed by atoms with Gasteiger partial charge in [-0.15, -0.1) is 0 Å². The summed E-state index contributed by atoms with van der Waals surface area (Å²) in [6.07, 6.45) is 6.45. The molecule has 0 radical (unpaired) electrons. The summed E-state index contributed by atoms with van der Waals surface area (Å²) in [7, 11) is 0. The number of nitrogens with zero attached hydrogens (tertiary/aromatic N) is 3. The van der Waals surface area contributed by atoms with Crippen LogP contribution in [0.5, 0.6) is 0 Å². The Morgan fingerprint density at radius 1 is 0.914 bits per heavy atom. The maximum Gasteiger partial charge on any atom is 0.357 e. The molecular formula is C30H23N3O2. The zero-order valence-corrected chi connectivity index (χ0v) is 19.3. The van der Waals surface area contributed by atoms with Gasteiger partial charge in [0, 0.05) is 17.1 Å². The molecule has 5 nitrogen and oxygen atoms in total. The lowest BCUT2D eigenvalue weighted by molar-refractivity contribution is 0.0509. The number of pyridine rings is 2. The Morgan fingerprint density at radius 3 is 2.60 bits per heavy atom. The summed E-state index contributed by atoms with van der Waals surface area (Å²) in [5.41, 5.74) is 5.78. The third-order valence-corrected chi connectivity index (χ3v) is 6.91. The van der Waals surface area contributed by atoms with Crippen molar-refractivity contribution in [1.82, 2.24) is 9.97 Å². The van der Waals surface area contributed by atoms with E-state index in [1.807, 2.05) is 24.3 Å². The number of hydrogen-bond acceptors (Lipinski definition) is 5. The van der Waals surface area contributed by atoms with Crippen molar-refractivity contribution in [2.24, 2.45) is 0 Å². The molecule has 0 spiro atoms. The number of aromatic nitrogens is 2. The highest BCUT2D eigenvalue weighted by Gasteiger charge is 2.18. The van der Waals surface area contributed by atoms with E-state index in [0.717, 1.165) is 29.5 Å².